The monoisotopic (exact) mass is 297 g/mol. The number of aliphatic hydroxyl groups excluding tert-OH is 1. The van der Waals surface area contributed by atoms with Crippen LogP contribution in [-0.4, -0.2) is 35.9 Å². The van der Waals surface area contributed by atoms with Gasteiger partial charge in [0.05, 0.1) is 24.9 Å². The fraction of sp³-hybridized carbons (Fsp3) is 0.571. The number of benzene rings is 1. The van der Waals surface area contributed by atoms with E-state index in [1.807, 2.05) is 24.1 Å². The molecule has 0 aliphatic carbocycles. The molecule has 5 nitrogen and oxygen atoms in total. The molecule has 1 heterocycles. The molecule has 1 atom stereocenters. The van der Waals surface area contributed by atoms with E-state index in [0.29, 0.717) is 18.2 Å². The van der Waals surface area contributed by atoms with Crippen LogP contribution in [0, 0.1) is 0 Å². The predicted molar refractivity (Wildman–Crippen MR) is 78.1 cm³/mol. The first-order valence-electron chi connectivity index (χ1n) is 6.90. The van der Waals surface area contributed by atoms with E-state index in [1.165, 1.54) is 0 Å². The fourth-order valence-corrected chi connectivity index (χ4v) is 2.35. The van der Waals surface area contributed by atoms with E-state index in [9.17, 15) is 5.11 Å². The maximum atomic E-state index is 9.23. The second kappa shape index (κ2) is 7.57. The van der Waals surface area contributed by atoms with Crippen LogP contribution in [0.4, 0.5) is 5.69 Å². The van der Waals surface area contributed by atoms with Gasteiger partial charge in [0.15, 0.2) is 0 Å². The quantitative estimate of drug-likeness (QED) is 0.819. The van der Waals surface area contributed by atoms with E-state index in [-0.39, 0.29) is 12.6 Å². The second-order valence-electron chi connectivity index (χ2n) is 4.74. The van der Waals surface area contributed by atoms with Crippen LogP contribution < -0.4 is 0 Å². The highest BCUT2D eigenvalue weighted by atomic mass is 35.5. The van der Waals surface area contributed by atoms with Gasteiger partial charge in [0.1, 0.15) is 0 Å². The summed E-state index contributed by atoms with van der Waals surface area (Å²) in [6, 6.07) is 5.60. The third kappa shape index (κ3) is 3.91. The fourth-order valence-electron chi connectivity index (χ4n) is 2.18. The Bertz CT molecular complexity index is 468. The van der Waals surface area contributed by atoms with Crippen molar-refractivity contribution in [1.82, 2.24) is 5.01 Å². The standard InChI is InChI=1S/C14H20ClN3O2/c1-2-20-10-11-8-12(5-6-14(11)15)16-17-18-7-3-4-13(18)9-19/h5-6,8,13,19H,2-4,7,9-10H2,1H3/t13-/m0/s1. The summed E-state index contributed by atoms with van der Waals surface area (Å²) < 4.78 is 5.37. The summed E-state index contributed by atoms with van der Waals surface area (Å²) in [4.78, 5) is 0. The first-order valence-corrected chi connectivity index (χ1v) is 7.27. The van der Waals surface area contributed by atoms with E-state index < -0.39 is 0 Å². The smallest absolute Gasteiger partial charge is 0.0878 e. The Balaban J connectivity index is 2.05. The first-order chi connectivity index (χ1) is 9.74. The van der Waals surface area contributed by atoms with Gasteiger partial charge in [0.2, 0.25) is 0 Å². The van der Waals surface area contributed by atoms with Gasteiger partial charge in [-0.15, -0.1) is 5.11 Å². The van der Waals surface area contributed by atoms with Crippen molar-refractivity contribution in [3.05, 3.63) is 28.8 Å². The molecule has 6 heteroatoms. The van der Waals surface area contributed by atoms with Gasteiger partial charge in [0, 0.05) is 18.2 Å². The molecule has 2 rings (SSSR count). The average Bonchev–Trinajstić information content (AvgIpc) is 2.92. The van der Waals surface area contributed by atoms with Crippen LogP contribution in [0.15, 0.2) is 28.5 Å². The van der Waals surface area contributed by atoms with E-state index >= 15 is 0 Å². The van der Waals surface area contributed by atoms with E-state index in [1.54, 1.807) is 6.07 Å². The van der Waals surface area contributed by atoms with Crippen LogP contribution in [0.5, 0.6) is 0 Å². The van der Waals surface area contributed by atoms with Crippen LogP contribution in [0.2, 0.25) is 5.02 Å². The highest BCUT2D eigenvalue weighted by Gasteiger charge is 2.22. The Morgan fingerprint density at radius 2 is 2.35 bits per heavy atom. The summed E-state index contributed by atoms with van der Waals surface area (Å²) in [5.41, 5.74) is 1.65. The average molecular weight is 298 g/mol. The highest BCUT2D eigenvalue weighted by Crippen LogP contribution is 2.25. The van der Waals surface area contributed by atoms with E-state index in [2.05, 4.69) is 10.3 Å². The molecule has 0 saturated carbocycles. The van der Waals surface area contributed by atoms with Crippen molar-refractivity contribution in [1.29, 1.82) is 0 Å². The van der Waals surface area contributed by atoms with Gasteiger partial charge in [0.25, 0.3) is 0 Å². The minimum Gasteiger partial charge on any atom is -0.394 e. The van der Waals surface area contributed by atoms with Crippen LogP contribution in [0.3, 0.4) is 0 Å². The largest absolute Gasteiger partial charge is 0.394 e. The SMILES string of the molecule is CCOCc1cc(N=NN2CCC[C@H]2CO)ccc1Cl. The van der Waals surface area contributed by atoms with Crippen LogP contribution in [-0.2, 0) is 11.3 Å². The summed E-state index contributed by atoms with van der Waals surface area (Å²) in [6.07, 6.45) is 2.01. The lowest BCUT2D eigenvalue weighted by atomic mass is 10.2. The normalized spacial score (nSPS) is 19.1. The molecule has 1 fully saturated rings. The Hall–Kier alpha value is -1.17. The van der Waals surface area contributed by atoms with Crippen molar-refractivity contribution in [2.75, 3.05) is 19.8 Å². The Kier molecular flexibility index (Phi) is 5.76. The molecule has 0 spiro atoms. The van der Waals surface area contributed by atoms with Crippen LogP contribution in [0.1, 0.15) is 25.3 Å². The second-order valence-corrected chi connectivity index (χ2v) is 5.15. The number of halogens is 1. The summed E-state index contributed by atoms with van der Waals surface area (Å²) in [7, 11) is 0. The molecular formula is C14H20ClN3O2. The lowest BCUT2D eigenvalue weighted by Crippen LogP contribution is -2.26. The Labute approximate surface area is 124 Å². The first kappa shape index (κ1) is 15.2. The third-order valence-electron chi connectivity index (χ3n) is 3.32. The third-order valence-corrected chi connectivity index (χ3v) is 3.69. The topological polar surface area (TPSA) is 57.4 Å². The summed E-state index contributed by atoms with van der Waals surface area (Å²) in [6.45, 7) is 4.03. The molecule has 20 heavy (non-hydrogen) atoms. The molecule has 0 aromatic heterocycles. The lowest BCUT2D eigenvalue weighted by molar-refractivity contribution is 0.134. The highest BCUT2D eigenvalue weighted by molar-refractivity contribution is 6.31. The number of ether oxygens (including phenoxy) is 1. The van der Waals surface area contributed by atoms with Crippen molar-refractivity contribution >= 4 is 17.3 Å². The molecule has 0 bridgehead atoms. The van der Waals surface area contributed by atoms with Crippen molar-refractivity contribution in [2.24, 2.45) is 10.3 Å². The van der Waals surface area contributed by atoms with Gasteiger partial charge in [-0.25, -0.2) is 0 Å². The maximum absolute atomic E-state index is 9.23. The molecule has 0 unspecified atom stereocenters. The van der Waals surface area contributed by atoms with Gasteiger partial charge < -0.3 is 9.84 Å². The number of nitrogens with zero attached hydrogens (tertiary/aromatic N) is 3. The zero-order valence-electron chi connectivity index (χ0n) is 11.6. The van der Waals surface area contributed by atoms with Gasteiger partial charge >= 0.3 is 0 Å². The number of hydrogen-bond acceptors (Lipinski definition) is 4. The van der Waals surface area contributed by atoms with Crippen LogP contribution >= 0.6 is 11.6 Å². The molecule has 110 valence electrons. The van der Waals surface area contributed by atoms with Crippen molar-refractivity contribution in [2.45, 2.75) is 32.4 Å². The molecule has 1 N–H and O–H groups in total. The van der Waals surface area contributed by atoms with Gasteiger partial charge in [-0.3, -0.25) is 5.01 Å². The van der Waals surface area contributed by atoms with Crippen molar-refractivity contribution in [3.8, 4) is 0 Å². The zero-order valence-corrected chi connectivity index (χ0v) is 12.4. The maximum Gasteiger partial charge on any atom is 0.0878 e. The summed E-state index contributed by atoms with van der Waals surface area (Å²) in [5, 5.41) is 20.2. The molecule has 1 aromatic rings. The van der Waals surface area contributed by atoms with Gasteiger partial charge in [-0.05, 0) is 43.5 Å². The molecule has 1 aromatic carbocycles. The number of aliphatic hydroxyl groups is 1. The lowest BCUT2D eigenvalue weighted by Gasteiger charge is -2.17. The molecular weight excluding hydrogens is 278 g/mol. The minimum atomic E-state index is 0.0916. The van der Waals surface area contributed by atoms with Crippen molar-refractivity contribution < 1.29 is 9.84 Å². The predicted octanol–water partition coefficient (Wildman–Crippen LogP) is 3.33. The van der Waals surface area contributed by atoms with Gasteiger partial charge in [-0.2, -0.15) is 0 Å². The van der Waals surface area contributed by atoms with Crippen LogP contribution in [0.25, 0.3) is 0 Å². The minimum absolute atomic E-state index is 0.0916. The Morgan fingerprint density at radius 3 is 3.10 bits per heavy atom. The summed E-state index contributed by atoms with van der Waals surface area (Å²) >= 11 is 6.11. The molecule has 1 saturated heterocycles. The van der Waals surface area contributed by atoms with E-state index in [4.69, 9.17) is 16.3 Å². The number of rotatable bonds is 6. The van der Waals surface area contributed by atoms with E-state index in [0.717, 1.165) is 30.6 Å². The summed E-state index contributed by atoms with van der Waals surface area (Å²) in [5.74, 6) is 0. The Morgan fingerprint density at radius 1 is 1.50 bits per heavy atom. The zero-order chi connectivity index (χ0) is 14.4. The molecule has 0 radical (unpaired) electrons. The van der Waals surface area contributed by atoms with Gasteiger partial charge in [-0.1, -0.05) is 16.8 Å². The number of hydrogen-bond donors (Lipinski definition) is 1. The molecule has 1 aliphatic heterocycles. The van der Waals surface area contributed by atoms with Crippen molar-refractivity contribution in [3.63, 3.8) is 0 Å². The molecule has 0 amide bonds. The molecule has 1 aliphatic rings.